The third kappa shape index (κ3) is 4.03. The van der Waals surface area contributed by atoms with Crippen molar-refractivity contribution in [1.82, 2.24) is 14.3 Å². The van der Waals surface area contributed by atoms with Gasteiger partial charge in [-0.15, -0.1) is 11.8 Å². The van der Waals surface area contributed by atoms with Crippen molar-refractivity contribution in [3.8, 4) is 0 Å². The number of likely N-dealkylation sites (N-methyl/N-ethyl adjacent to an activating group) is 1. The number of aromatic nitrogens is 2. The van der Waals surface area contributed by atoms with Crippen LogP contribution in [0.1, 0.15) is 23.0 Å². The van der Waals surface area contributed by atoms with Crippen LogP contribution in [0.2, 0.25) is 0 Å². The zero-order valence-electron chi connectivity index (χ0n) is 14.4. The highest BCUT2D eigenvalue weighted by atomic mass is 32.2. The van der Waals surface area contributed by atoms with E-state index in [1.54, 1.807) is 23.7 Å². The largest absolute Gasteiger partial charge is 0.338 e. The van der Waals surface area contributed by atoms with Gasteiger partial charge in [0.15, 0.2) is 0 Å². The maximum Gasteiger partial charge on any atom is 0.253 e. The molecular formula is C19H22N4OS. The number of rotatable bonds is 6. The molecule has 3 rings (SSSR count). The molecule has 0 fully saturated rings. The van der Waals surface area contributed by atoms with E-state index in [1.807, 2.05) is 66.2 Å². The second kappa shape index (κ2) is 7.72. The number of pyridine rings is 1. The smallest absolute Gasteiger partial charge is 0.253 e. The molecule has 0 bridgehead atoms. The predicted octanol–water partition coefficient (Wildman–Crippen LogP) is 3.05. The fourth-order valence-corrected chi connectivity index (χ4v) is 3.25. The summed E-state index contributed by atoms with van der Waals surface area (Å²) in [7, 11) is 1.78. The van der Waals surface area contributed by atoms with Gasteiger partial charge < -0.3 is 15.0 Å². The molecular weight excluding hydrogens is 332 g/mol. The lowest BCUT2D eigenvalue weighted by atomic mass is 10.2. The maximum atomic E-state index is 12.4. The Morgan fingerprint density at radius 1 is 1.28 bits per heavy atom. The van der Waals surface area contributed by atoms with Crippen LogP contribution in [0, 0.1) is 0 Å². The molecule has 1 aromatic carbocycles. The number of fused-ring (bicyclic) bond motifs is 1. The highest BCUT2D eigenvalue weighted by molar-refractivity contribution is 7.98. The Morgan fingerprint density at radius 3 is 2.72 bits per heavy atom. The molecule has 2 N–H and O–H groups in total. The molecule has 0 saturated heterocycles. The van der Waals surface area contributed by atoms with Crippen molar-refractivity contribution in [2.24, 2.45) is 5.73 Å². The van der Waals surface area contributed by atoms with E-state index >= 15 is 0 Å². The first-order valence-electron chi connectivity index (χ1n) is 8.21. The minimum absolute atomic E-state index is 0.00477. The van der Waals surface area contributed by atoms with Crippen LogP contribution in [0.25, 0.3) is 5.65 Å². The van der Waals surface area contributed by atoms with Gasteiger partial charge in [0.25, 0.3) is 5.91 Å². The van der Waals surface area contributed by atoms with Gasteiger partial charge in [-0.3, -0.25) is 4.79 Å². The van der Waals surface area contributed by atoms with Gasteiger partial charge in [0, 0.05) is 48.2 Å². The van der Waals surface area contributed by atoms with Crippen LogP contribution in [-0.2, 0) is 5.75 Å². The maximum absolute atomic E-state index is 12.4. The van der Waals surface area contributed by atoms with Crippen molar-refractivity contribution in [3.63, 3.8) is 0 Å². The second-order valence-electron chi connectivity index (χ2n) is 6.01. The molecule has 0 spiro atoms. The molecule has 0 aliphatic heterocycles. The third-order valence-electron chi connectivity index (χ3n) is 4.22. The predicted molar refractivity (Wildman–Crippen MR) is 102 cm³/mol. The first-order chi connectivity index (χ1) is 12.1. The Hall–Kier alpha value is -2.31. The van der Waals surface area contributed by atoms with Crippen LogP contribution in [0.15, 0.2) is 59.8 Å². The number of amides is 1. The molecule has 1 unspecified atom stereocenters. The van der Waals surface area contributed by atoms with E-state index in [0.29, 0.717) is 12.1 Å². The van der Waals surface area contributed by atoms with Crippen LogP contribution in [0.5, 0.6) is 0 Å². The van der Waals surface area contributed by atoms with Crippen molar-refractivity contribution in [3.05, 3.63) is 66.1 Å². The van der Waals surface area contributed by atoms with E-state index in [-0.39, 0.29) is 11.9 Å². The molecule has 3 aromatic rings. The summed E-state index contributed by atoms with van der Waals surface area (Å²) in [4.78, 5) is 19.8. The van der Waals surface area contributed by atoms with Crippen LogP contribution in [-0.4, -0.2) is 39.8 Å². The number of hydrogen-bond acceptors (Lipinski definition) is 4. The quantitative estimate of drug-likeness (QED) is 0.691. The zero-order valence-corrected chi connectivity index (χ0v) is 15.2. The van der Waals surface area contributed by atoms with Crippen LogP contribution in [0.3, 0.4) is 0 Å². The van der Waals surface area contributed by atoms with Gasteiger partial charge in [-0.05, 0) is 43.3 Å². The van der Waals surface area contributed by atoms with Gasteiger partial charge in [-0.1, -0.05) is 6.07 Å². The number of nitrogens with zero attached hydrogens (tertiary/aromatic N) is 3. The number of thioether (sulfide) groups is 1. The number of nitrogens with two attached hydrogens (primary N) is 1. The average molecular weight is 354 g/mol. The van der Waals surface area contributed by atoms with Crippen molar-refractivity contribution >= 4 is 23.3 Å². The molecule has 6 heteroatoms. The van der Waals surface area contributed by atoms with Crippen molar-refractivity contribution in [2.45, 2.75) is 23.6 Å². The van der Waals surface area contributed by atoms with Crippen LogP contribution < -0.4 is 5.73 Å². The van der Waals surface area contributed by atoms with Gasteiger partial charge in [-0.25, -0.2) is 4.98 Å². The number of imidazole rings is 1. The Morgan fingerprint density at radius 2 is 2.04 bits per heavy atom. The minimum Gasteiger partial charge on any atom is -0.338 e. The average Bonchev–Trinajstić information content (AvgIpc) is 3.08. The van der Waals surface area contributed by atoms with E-state index in [0.717, 1.165) is 22.0 Å². The summed E-state index contributed by atoms with van der Waals surface area (Å²) in [6.45, 7) is 2.39. The zero-order chi connectivity index (χ0) is 17.8. The topological polar surface area (TPSA) is 63.6 Å². The van der Waals surface area contributed by atoms with Crippen molar-refractivity contribution in [1.29, 1.82) is 0 Å². The molecule has 0 radical (unpaired) electrons. The fraction of sp³-hybridized carbons (Fsp3) is 0.263. The first-order valence-corrected chi connectivity index (χ1v) is 9.19. The SMILES string of the molecule is CC(CN)N(C)C(=O)c1ccc(SCc2cn3ccccc3n2)cc1. The van der Waals surface area contributed by atoms with Gasteiger partial charge in [0.2, 0.25) is 0 Å². The Bertz CT molecular complexity index is 826. The van der Waals surface area contributed by atoms with E-state index < -0.39 is 0 Å². The summed E-state index contributed by atoms with van der Waals surface area (Å²) in [6.07, 6.45) is 4.04. The summed E-state index contributed by atoms with van der Waals surface area (Å²) in [6, 6.07) is 13.7. The highest BCUT2D eigenvalue weighted by Gasteiger charge is 2.16. The van der Waals surface area contributed by atoms with Gasteiger partial charge in [0.1, 0.15) is 5.65 Å². The van der Waals surface area contributed by atoms with E-state index in [1.165, 1.54) is 0 Å². The summed E-state index contributed by atoms with van der Waals surface area (Å²) >= 11 is 1.71. The summed E-state index contributed by atoms with van der Waals surface area (Å²) in [5.74, 6) is 0.786. The fourth-order valence-electron chi connectivity index (χ4n) is 2.47. The lowest BCUT2D eigenvalue weighted by Gasteiger charge is -2.23. The standard InChI is InChI=1S/C19H22N4OS/c1-14(11-20)22(2)19(24)15-6-8-17(9-7-15)25-13-16-12-23-10-4-3-5-18(23)21-16/h3-10,12,14H,11,13,20H2,1-2H3. The number of carbonyl (C=O) groups is 1. The van der Waals surface area contributed by atoms with Crippen molar-refractivity contribution < 1.29 is 4.79 Å². The molecule has 1 atom stereocenters. The number of benzene rings is 1. The summed E-state index contributed by atoms with van der Waals surface area (Å²) in [5, 5.41) is 0. The molecule has 0 aliphatic rings. The molecule has 0 saturated carbocycles. The van der Waals surface area contributed by atoms with Gasteiger partial charge in [0.05, 0.1) is 5.69 Å². The lowest BCUT2D eigenvalue weighted by Crippen LogP contribution is -2.39. The second-order valence-corrected chi connectivity index (χ2v) is 7.06. The van der Waals surface area contributed by atoms with Crippen LogP contribution in [0.4, 0.5) is 0 Å². The van der Waals surface area contributed by atoms with E-state index in [4.69, 9.17) is 5.73 Å². The lowest BCUT2D eigenvalue weighted by molar-refractivity contribution is 0.0748. The third-order valence-corrected chi connectivity index (χ3v) is 5.27. The summed E-state index contributed by atoms with van der Waals surface area (Å²) < 4.78 is 2.02. The molecule has 130 valence electrons. The van der Waals surface area contributed by atoms with Gasteiger partial charge >= 0.3 is 0 Å². The van der Waals surface area contributed by atoms with Crippen molar-refractivity contribution in [2.75, 3.05) is 13.6 Å². The molecule has 1 amide bonds. The normalized spacial score (nSPS) is 12.3. The Kier molecular flexibility index (Phi) is 5.40. The Balaban J connectivity index is 1.63. The molecule has 2 heterocycles. The minimum atomic E-state index is -0.00477. The molecule has 0 aliphatic carbocycles. The van der Waals surface area contributed by atoms with Gasteiger partial charge in [-0.2, -0.15) is 0 Å². The molecule has 5 nitrogen and oxygen atoms in total. The Labute approximate surface area is 151 Å². The van der Waals surface area contributed by atoms with Crippen LogP contribution >= 0.6 is 11.8 Å². The summed E-state index contributed by atoms with van der Waals surface area (Å²) in [5.41, 5.74) is 8.30. The molecule has 25 heavy (non-hydrogen) atoms. The molecule has 2 aromatic heterocycles. The van der Waals surface area contributed by atoms with E-state index in [2.05, 4.69) is 4.98 Å². The monoisotopic (exact) mass is 354 g/mol. The first kappa shape index (κ1) is 17.5. The highest BCUT2D eigenvalue weighted by Crippen LogP contribution is 2.23. The van der Waals surface area contributed by atoms with E-state index in [9.17, 15) is 4.79 Å². The number of carbonyl (C=O) groups excluding carboxylic acids is 1. The number of hydrogen-bond donors (Lipinski definition) is 1.